The summed E-state index contributed by atoms with van der Waals surface area (Å²) >= 11 is 0. The van der Waals surface area contributed by atoms with Crippen molar-refractivity contribution in [2.75, 3.05) is 12.1 Å². The largest absolute Gasteiger partial charge is 0.497 e. The Morgan fingerprint density at radius 1 is 1.00 bits per heavy atom. The van der Waals surface area contributed by atoms with E-state index in [4.69, 9.17) is 9.47 Å². The molecule has 0 unspecified atom stereocenters. The van der Waals surface area contributed by atoms with Crippen molar-refractivity contribution < 1.29 is 24.2 Å². The van der Waals surface area contributed by atoms with Gasteiger partial charge in [-0.15, -0.1) is 0 Å². The van der Waals surface area contributed by atoms with Crippen LogP contribution in [0.4, 0.5) is 5.69 Å². The lowest BCUT2D eigenvalue weighted by atomic mass is 9.98. The molecule has 0 saturated heterocycles. The van der Waals surface area contributed by atoms with E-state index in [0.29, 0.717) is 28.5 Å². The normalized spacial score (nSPS) is 14.5. The highest BCUT2D eigenvalue weighted by Gasteiger charge is 2.33. The molecule has 0 saturated carbocycles. The Hall–Kier alpha value is -4.39. The van der Waals surface area contributed by atoms with Gasteiger partial charge < -0.3 is 14.6 Å². The van der Waals surface area contributed by atoms with Gasteiger partial charge in [-0.1, -0.05) is 38.1 Å². The van der Waals surface area contributed by atoms with Crippen LogP contribution in [0.1, 0.15) is 29.8 Å². The Balaban J connectivity index is 1.70. The van der Waals surface area contributed by atoms with E-state index in [2.05, 4.69) is 5.10 Å². The Morgan fingerprint density at radius 2 is 1.71 bits per heavy atom. The van der Waals surface area contributed by atoms with Crippen molar-refractivity contribution in [2.45, 2.75) is 13.8 Å². The predicted octanol–water partition coefficient (Wildman–Crippen LogP) is 5.63. The summed E-state index contributed by atoms with van der Waals surface area (Å²) in [4.78, 5) is 24.8. The van der Waals surface area contributed by atoms with Crippen molar-refractivity contribution in [3.63, 3.8) is 0 Å². The molecular weight excluding hydrogens is 432 g/mol. The van der Waals surface area contributed by atoms with Gasteiger partial charge in [-0.2, -0.15) is 10.1 Å². The van der Waals surface area contributed by atoms with Crippen LogP contribution in [-0.4, -0.2) is 29.8 Å². The van der Waals surface area contributed by atoms with Crippen molar-refractivity contribution in [2.24, 2.45) is 11.0 Å². The van der Waals surface area contributed by atoms with Crippen molar-refractivity contribution in [3.05, 3.63) is 89.5 Å². The number of hydrogen-bond acceptors (Lipinski definition) is 5. The van der Waals surface area contributed by atoms with Crippen molar-refractivity contribution in [3.8, 4) is 17.2 Å². The van der Waals surface area contributed by atoms with Gasteiger partial charge >= 0.3 is 5.97 Å². The van der Waals surface area contributed by atoms with Crippen LogP contribution < -0.4 is 14.5 Å². The summed E-state index contributed by atoms with van der Waals surface area (Å²) in [5.41, 5.74) is 2.25. The molecule has 0 fully saturated rings. The second-order valence-electron chi connectivity index (χ2n) is 7.99. The average Bonchev–Trinajstić information content (AvgIpc) is 3.17. The number of nitrogens with zero attached hydrogens (tertiary/aromatic N) is 2. The van der Waals surface area contributed by atoms with Gasteiger partial charge in [0.1, 0.15) is 17.2 Å². The van der Waals surface area contributed by atoms with Gasteiger partial charge in [0.05, 0.1) is 29.6 Å². The molecule has 7 heteroatoms. The molecule has 3 aromatic carbocycles. The summed E-state index contributed by atoms with van der Waals surface area (Å²) in [5.74, 6) is 0.519. The second kappa shape index (κ2) is 9.62. The van der Waals surface area contributed by atoms with Crippen molar-refractivity contribution in [1.29, 1.82) is 0 Å². The van der Waals surface area contributed by atoms with Crippen LogP contribution in [0.25, 0.3) is 6.08 Å². The molecule has 1 aliphatic rings. The van der Waals surface area contributed by atoms with E-state index in [0.717, 1.165) is 11.3 Å². The molecule has 0 bridgehead atoms. The summed E-state index contributed by atoms with van der Waals surface area (Å²) in [6.45, 7) is 3.91. The number of rotatable bonds is 7. The van der Waals surface area contributed by atoms with E-state index in [1.807, 2.05) is 62.4 Å². The van der Waals surface area contributed by atoms with E-state index in [-0.39, 0.29) is 17.4 Å². The van der Waals surface area contributed by atoms with Crippen LogP contribution in [0.3, 0.4) is 0 Å². The number of aromatic carboxylic acids is 1. The number of hydrogen-bond donors (Lipinski definition) is 1. The lowest BCUT2D eigenvalue weighted by molar-refractivity contribution is -0.114. The van der Waals surface area contributed by atoms with Crippen LogP contribution >= 0.6 is 0 Å². The summed E-state index contributed by atoms with van der Waals surface area (Å²) < 4.78 is 11.3. The zero-order valence-corrected chi connectivity index (χ0v) is 19.1. The molecule has 1 N–H and O–H groups in total. The summed E-state index contributed by atoms with van der Waals surface area (Å²) in [6.07, 6.45) is 1.76. The van der Waals surface area contributed by atoms with E-state index in [1.165, 1.54) is 17.1 Å². The number of carbonyl (C=O) groups excluding carboxylic acids is 1. The van der Waals surface area contributed by atoms with Gasteiger partial charge in [-0.05, 0) is 60.5 Å². The third-order valence-corrected chi connectivity index (χ3v) is 5.30. The molecule has 0 aliphatic carbocycles. The Bertz CT molecular complexity index is 1290. The minimum atomic E-state index is -1.07. The van der Waals surface area contributed by atoms with Gasteiger partial charge in [0, 0.05) is 5.56 Å². The fourth-order valence-electron chi connectivity index (χ4n) is 3.56. The molecular formula is C27H24N2O5. The van der Waals surface area contributed by atoms with Gasteiger partial charge in [0.25, 0.3) is 5.91 Å². The van der Waals surface area contributed by atoms with E-state index >= 15 is 0 Å². The molecule has 1 heterocycles. The SMILES string of the molecule is COc1ccc(Oc2ccccc2/C=C2\C(=O)N(c3cccc(C(=O)O)c3)N=C2C(C)C)cc1. The Labute approximate surface area is 197 Å². The highest BCUT2D eigenvalue weighted by Crippen LogP contribution is 2.32. The first-order valence-electron chi connectivity index (χ1n) is 10.8. The fourth-order valence-corrected chi connectivity index (χ4v) is 3.56. The molecule has 0 radical (unpaired) electrons. The van der Waals surface area contributed by atoms with Gasteiger partial charge in [0.2, 0.25) is 0 Å². The molecule has 1 amide bonds. The van der Waals surface area contributed by atoms with Gasteiger partial charge in [-0.25, -0.2) is 4.79 Å². The lowest BCUT2D eigenvalue weighted by Gasteiger charge is -2.13. The van der Waals surface area contributed by atoms with E-state index in [1.54, 1.807) is 25.3 Å². The maximum absolute atomic E-state index is 13.4. The maximum Gasteiger partial charge on any atom is 0.335 e. The molecule has 3 aromatic rings. The van der Waals surface area contributed by atoms with Gasteiger partial charge in [-0.3, -0.25) is 4.79 Å². The molecule has 172 valence electrons. The number of hydrazone groups is 1. The van der Waals surface area contributed by atoms with Crippen molar-refractivity contribution in [1.82, 2.24) is 0 Å². The monoisotopic (exact) mass is 456 g/mol. The van der Waals surface area contributed by atoms with E-state index in [9.17, 15) is 14.7 Å². The number of carboxylic acids is 1. The number of carbonyl (C=O) groups is 2. The summed E-state index contributed by atoms with van der Waals surface area (Å²) in [6, 6.07) is 20.8. The van der Waals surface area contributed by atoms with Crippen LogP contribution in [0, 0.1) is 5.92 Å². The highest BCUT2D eigenvalue weighted by molar-refractivity contribution is 6.33. The van der Waals surface area contributed by atoms with Crippen LogP contribution in [0.15, 0.2) is 83.5 Å². The summed E-state index contributed by atoms with van der Waals surface area (Å²) in [7, 11) is 1.60. The first-order chi connectivity index (χ1) is 16.4. The number of ether oxygens (including phenoxy) is 2. The minimum absolute atomic E-state index is 0.0301. The lowest BCUT2D eigenvalue weighted by Crippen LogP contribution is -2.22. The molecule has 0 atom stereocenters. The molecule has 4 rings (SSSR count). The first kappa shape index (κ1) is 22.8. The van der Waals surface area contributed by atoms with Crippen LogP contribution in [0.5, 0.6) is 17.2 Å². The number of carboxylic acid groups (broad SMARTS) is 1. The molecule has 34 heavy (non-hydrogen) atoms. The number of para-hydroxylation sites is 1. The smallest absolute Gasteiger partial charge is 0.335 e. The molecule has 0 aromatic heterocycles. The predicted molar refractivity (Wildman–Crippen MR) is 131 cm³/mol. The molecule has 1 aliphatic heterocycles. The third kappa shape index (κ3) is 4.68. The van der Waals surface area contributed by atoms with Crippen molar-refractivity contribution >= 4 is 29.4 Å². The van der Waals surface area contributed by atoms with Gasteiger partial charge in [0.15, 0.2) is 0 Å². The standard InChI is InChI=1S/C27H24N2O5/c1-17(2)25-23(26(30)29(28-25)20-9-6-8-19(15-20)27(31)32)16-18-7-4-5-10-24(18)34-22-13-11-21(33-3)12-14-22/h4-17H,1-3H3,(H,31,32)/b23-16-. The third-order valence-electron chi connectivity index (χ3n) is 5.30. The quantitative estimate of drug-likeness (QED) is 0.466. The number of anilines is 1. The number of benzene rings is 3. The first-order valence-corrected chi connectivity index (χ1v) is 10.8. The fraction of sp³-hybridized carbons (Fsp3) is 0.148. The summed E-state index contributed by atoms with van der Waals surface area (Å²) in [5, 5.41) is 15.1. The van der Waals surface area contributed by atoms with Crippen LogP contribution in [0.2, 0.25) is 0 Å². The molecule has 0 spiro atoms. The molecule has 7 nitrogen and oxygen atoms in total. The van der Waals surface area contributed by atoms with Crippen LogP contribution in [-0.2, 0) is 4.79 Å². The second-order valence-corrected chi connectivity index (χ2v) is 7.99. The number of amides is 1. The zero-order valence-electron chi connectivity index (χ0n) is 19.1. The Morgan fingerprint density at radius 3 is 2.38 bits per heavy atom. The Kier molecular flexibility index (Phi) is 6.45. The topological polar surface area (TPSA) is 88.4 Å². The maximum atomic E-state index is 13.4. The average molecular weight is 456 g/mol. The highest BCUT2D eigenvalue weighted by atomic mass is 16.5. The minimum Gasteiger partial charge on any atom is -0.497 e. The number of methoxy groups -OCH3 is 1. The van der Waals surface area contributed by atoms with E-state index < -0.39 is 5.97 Å². The zero-order chi connectivity index (χ0) is 24.2.